The zero-order valence-electron chi connectivity index (χ0n) is 27.5. The second-order valence-corrected chi connectivity index (χ2v) is 13.8. The van der Waals surface area contributed by atoms with Crippen LogP contribution in [0.4, 0.5) is 0 Å². The van der Waals surface area contributed by atoms with Gasteiger partial charge in [-0.2, -0.15) is 0 Å². The van der Waals surface area contributed by atoms with Crippen LogP contribution in [0.25, 0.3) is 11.0 Å². The molecule has 1 amide bonds. The lowest BCUT2D eigenvalue weighted by Gasteiger charge is -2.51. The molecule has 244 valence electrons. The minimum absolute atomic E-state index is 0.117. The average molecular weight is 628 g/mol. The van der Waals surface area contributed by atoms with Gasteiger partial charge in [-0.05, 0) is 80.9 Å². The van der Waals surface area contributed by atoms with Crippen LogP contribution >= 0.6 is 0 Å². The maximum absolute atomic E-state index is 13.7. The van der Waals surface area contributed by atoms with E-state index < -0.39 is 28.7 Å². The molecule has 4 unspecified atom stereocenters. The first-order chi connectivity index (χ1) is 21.9. The molecule has 3 N–H and O–H groups in total. The predicted octanol–water partition coefficient (Wildman–Crippen LogP) is 5.44. The Morgan fingerprint density at radius 2 is 2.07 bits per heavy atom. The van der Waals surface area contributed by atoms with Crippen molar-refractivity contribution in [3.8, 4) is 5.75 Å². The van der Waals surface area contributed by atoms with E-state index in [9.17, 15) is 14.4 Å². The van der Waals surface area contributed by atoms with E-state index >= 15 is 0 Å². The molecule has 2 aromatic rings. The highest BCUT2D eigenvalue weighted by atomic mass is 16.6. The summed E-state index contributed by atoms with van der Waals surface area (Å²) in [6.07, 6.45) is 12.1. The Balaban J connectivity index is 1.42. The first-order valence-electron chi connectivity index (χ1n) is 16.4. The van der Waals surface area contributed by atoms with Gasteiger partial charge in [0.15, 0.2) is 11.2 Å². The van der Waals surface area contributed by atoms with Crippen LogP contribution in [0.1, 0.15) is 72.3 Å². The number of nitrogens with two attached hydrogens (primary N) is 1. The Kier molecular flexibility index (Phi) is 8.38. The highest BCUT2D eigenvalue weighted by Gasteiger charge is 2.62. The van der Waals surface area contributed by atoms with Crippen LogP contribution in [0, 0.1) is 11.8 Å². The summed E-state index contributed by atoms with van der Waals surface area (Å²) in [6.45, 7) is 11.1. The molecule has 0 radical (unpaired) electrons. The fraction of sp³-hybridized carbons (Fsp3) is 0.486. The molecule has 0 saturated carbocycles. The van der Waals surface area contributed by atoms with Gasteiger partial charge in [-0.3, -0.25) is 4.79 Å². The maximum Gasteiger partial charge on any atom is 0.336 e. The molecule has 0 bridgehead atoms. The van der Waals surface area contributed by atoms with Crippen molar-refractivity contribution in [3.05, 3.63) is 87.1 Å². The van der Waals surface area contributed by atoms with Crippen molar-refractivity contribution in [2.45, 2.75) is 90.4 Å². The van der Waals surface area contributed by atoms with Crippen LogP contribution in [0.3, 0.4) is 0 Å². The SMILES string of the molecule is CC=C(C)C(=O)OC1(C)CC=CC(C2=C(CC(=O)N3CCC3CCC(C)C)CNC(N)=C2)C12Cc1cc3ccc(=O)oc3cc1O2. The second-order valence-electron chi connectivity index (χ2n) is 13.8. The molecule has 6 rings (SSSR count). The summed E-state index contributed by atoms with van der Waals surface area (Å²) in [6, 6.07) is 7.16. The Morgan fingerprint density at radius 1 is 1.26 bits per heavy atom. The monoisotopic (exact) mass is 627 g/mol. The van der Waals surface area contributed by atoms with Gasteiger partial charge in [-0.25, -0.2) is 9.59 Å². The number of dihydropyridines is 1. The molecule has 1 saturated heterocycles. The van der Waals surface area contributed by atoms with Gasteiger partial charge in [-0.1, -0.05) is 32.1 Å². The molecule has 4 aliphatic rings. The molecule has 4 heterocycles. The van der Waals surface area contributed by atoms with Crippen molar-refractivity contribution >= 4 is 22.8 Å². The van der Waals surface area contributed by atoms with Crippen LogP contribution in [0.15, 0.2) is 80.3 Å². The van der Waals surface area contributed by atoms with Crippen molar-refractivity contribution in [1.82, 2.24) is 10.2 Å². The minimum atomic E-state index is -1.09. The number of hydrogen-bond acceptors (Lipinski definition) is 8. The largest absolute Gasteiger partial charge is 0.481 e. The Hall–Kier alpha value is -4.27. The second kappa shape index (κ2) is 12.2. The number of rotatable bonds is 8. The molecular weight excluding hydrogens is 582 g/mol. The third-order valence-electron chi connectivity index (χ3n) is 10.3. The zero-order chi connectivity index (χ0) is 32.8. The Bertz CT molecular complexity index is 1750. The molecular formula is C37H45N3O6. The summed E-state index contributed by atoms with van der Waals surface area (Å²) in [5.41, 5.74) is 7.48. The van der Waals surface area contributed by atoms with Gasteiger partial charge in [0.25, 0.3) is 0 Å². The standard InChI is InChI=1S/C37H45N3O6/c1-6-23(4)35(43)46-36(5)14-7-8-29(37(36)20-25-16-24-10-12-34(42)44-30(24)19-31(25)45-37)28-18-32(38)39-21-26(28)17-33(41)40-15-13-27(40)11-9-22(2)3/h6-8,10,12,16,18-19,22,27,29,39H,9,11,13-15,17,20-21,38H2,1-5H3. The first-order valence-corrected chi connectivity index (χ1v) is 16.4. The number of nitrogens with zero attached hydrogens (tertiary/aromatic N) is 1. The molecule has 9 nitrogen and oxygen atoms in total. The Labute approximate surface area is 270 Å². The highest BCUT2D eigenvalue weighted by Crippen LogP contribution is 2.54. The summed E-state index contributed by atoms with van der Waals surface area (Å²) in [7, 11) is 0. The molecule has 9 heteroatoms. The number of nitrogens with one attached hydrogen (secondary N) is 1. The van der Waals surface area contributed by atoms with Gasteiger partial charge in [0.2, 0.25) is 5.91 Å². The molecule has 1 fully saturated rings. The fourth-order valence-electron chi connectivity index (χ4n) is 7.32. The number of allylic oxidation sites excluding steroid dienone is 2. The number of fused-ring (bicyclic) bond motifs is 2. The number of esters is 1. The van der Waals surface area contributed by atoms with Gasteiger partial charge < -0.3 is 29.8 Å². The van der Waals surface area contributed by atoms with E-state index in [2.05, 4.69) is 25.2 Å². The van der Waals surface area contributed by atoms with Gasteiger partial charge in [0, 0.05) is 61.0 Å². The van der Waals surface area contributed by atoms with Gasteiger partial charge >= 0.3 is 11.6 Å². The van der Waals surface area contributed by atoms with Crippen LogP contribution < -0.4 is 21.4 Å². The summed E-state index contributed by atoms with van der Waals surface area (Å²) < 4.78 is 18.9. The fourth-order valence-corrected chi connectivity index (χ4v) is 7.32. The third kappa shape index (κ3) is 5.65. The molecule has 1 aliphatic carbocycles. The smallest absolute Gasteiger partial charge is 0.336 e. The molecule has 46 heavy (non-hydrogen) atoms. The van der Waals surface area contributed by atoms with Crippen LogP contribution in [-0.2, 0) is 20.7 Å². The molecule has 1 aromatic heterocycles. The van der Waals surface area contributed by atoms with Crippen LogP contribution in [0.2, 0.25) is 0 Å². The normalized spacial score (nSPS) is 27.3. The van der Waals surface area contributed by atoms with Crippen molar-refractivity contribution in [1.29, 1.82) is 0 Å². The minimum Gasteiger partial charge on any atom is -0.481 e. The van der Waals surface area contributed by atoms with E-state index in [4.69, 9.17) is 19.6 Å². The van der Waals surface area contributed by atoms with E-state index in [1.54, 1.807) is 25.1 Å². The number of ether oxygens (including phenoxy) is 2. The summed E-state index contributed by atoms with van der Waals surface area (Å²) >= 11 is 0. The van der Waals surface area contributed by atoms with E-state index in [1.165, 1.54) is 6.07 Å². The van der Waals surface area contributed by atoms with E-state index in [0.717, 1.165) is 47.9 Å². The third-order valence-corrected chi connectivity index (χ3v) is 10.3. The average Bonchev–Trinajstić information content (AvgIpc) is 3.36. The number of hydrogen-bond donors (Lipinski definition) is 2. The summed E-state index contributed by atoms with van der Waals surface area (Å²) in [5.74, 6) is 0.983. The number of carbonyl (C=O) groups excluding carboxylic acids is 2. The molecule has 1 aromatic carbocycles. The van der Waals surface area contributed by atoms with Crippen molar-refractivity contribution in [2.24, 2.45) is 17.6 Å². The van der Waals surface area contributed by atoms with Gasteiger partial charge in [-0.15, -0.1) is 0 Å². The summed E-state index contributed by atoms with van der Waals surface area (Å²) in [5, 5.41) is 4.02. The number of carbonyl (C=O) groups is 2. The van der Waals surface area contributed by atoms with Gasteiger partial charge in [0.1, 0.15) is 11.3 Å². The van der Waals surface area contributed by atoms with Gasteiger partial charge in [0.05, 0.1) is 12.2 Å². The zero-order valence-corrected chi connectivity index (χ0v) is 27.5. The predicted molar refractivity (Wildman–Crippen MR) is 177 cm³/mol. The van der Waals surface area contributed by atoms with Crippen LogP contribution in [-0.4, -0.2) is 47.1 Å². The van der Waals surface area contributed by atoms with Crippen LogP contribution in [0.5, 0.6) is 5.75 Å². The molecule has 3 aliphatic heterocycles. The van der Waals surface area contributed by atoms with Crippen molar-refractivity contribution in [3.63, 3.8) is 0 Å². The number of likely N-dealkylation sites (tertiary alicyclic amines) is 1. The lowest BCUT2D eigenvalue weighted by atomic mass is 9.63. The Morgan fingerprint density at radius 3 is 2.78 bits per heavy atom. The lowest BCUT2D eigenvalue weighted by Crippen LogP contribution is -2.63. The maximum atomic E-state index is 13.7. The highest BCUT2D eigenvalue weighted by molar-refractivity contribution is 5.88. The first kappa shape index (κ1) is 31.7. The summed E-state index contributed by atoms with van der Waals surface area (Å²) in [4.78, 5) is 41.1. The lowest BCUT2D eigenvalue weighted by molar-refractivity contribution is -0.185. The topological polar surface area (TPSA) is 124 Å². The van der Waals surface area contributed by atoms with Crippen molar-refractivity contribution in [2.75, 3.05) is 13.1 Å². The quantitative estimate of drug-likeness (QED) is 0.172. The van der Waals surface area contributed by atoms with E-state index in [1.807, 2.05) is 37.0 Å². The number of amides is 1. The molecule has 1 spiro atoms. The van der Waals surface area contributed by atoms with Crippen molar-refractivity contribution < 1.29 is 23.5 Å². The van der Waals surface area contributed by atoms with E-state index in [-0.39, 0.29) is 18.4 Å². The molecule has 4 atom stereocenters. The van der Waals surface area contributed by atoms with E-state index in [0.29, 0.717) is 48.0 Å². The number of benzene rings is 1.